The highest BCUT2D eigenvalue weighted by Gasteiger charge is 2.05. The molecule has 23 heavy (non-hydrogen) atoms. The Balaban J connectivity index is 0.00000264. The first kappa shape index (κ1) is 19.0. The summed E-state index contributed by atoms with van der Waals surface area (Å²) in [4.78, 5) is 8.31. The maximum Gasteiger partial charge on any atom is 0.223 e. The van der Waals surface area contributed by atoms with Crippen LogP contribution in [0.5, 0.6) is 11.5 Å². The van der Waals surface area contributed by atoms with E-state index in [1.807, 2.05) is 18.2 Å². The second kappa shape index (κ2) is 9.18. The summed E-state index contributed by atoms with van der Waals surface area (Å²) < 4.78 is 15.3. The summed E-state index contributed by atoms with van der Waals surface area (Å²) in [7, 11) is 3.19. The van der Waals surface area contributed by atoms with Gasteiger partial charge in [0.2, 0.25) is 5.89 Å². The van der Waals surface area contributed by atoms with Gasteiger partial charge in [-0.3, -0.25) is 0 Å². The second-order valence-corrected chi connectivity index (χ2v) is 4.47. The lowest BCUT2D eigenvalue weighted by Gasteiger charge is -2.08. The zero-order valence-corrected chi connectivity index (χ0v) is 15.5. The van der Waals surface area contributed by atoms with Crippen LogP contribution >= 0.6 is 24.0 Å². The number of ether oxygens (including phenoxy) is 2. The molecule has 1 aromatic carbocycles. The van der Waals surface area contributed by atoms with Gasteiger partial charge in [-0.2, -0.15) is 4.98 Å². The number of aliphatic imine (C=N–C) groups is 1. The summed E-state index contributed by atoms with van der Waals surface area (Å²) in [5, 5.41) is 6.68. The molecule has 0 aliphatic carbocycles. The van der Waals surface area contributed by atoms with Crippen LogP contribution in [0, 0.1) is 6.92 Å². The van der Waals surface area contributed by atoms with Crippen LogP contribution in [-0.4, -0.2) is 30.3 Å². The van der Waals surface area contributed by atoms with Crippen molar-refractivity contribution in [2.45, 2.75) is 20.0 Å². The SMILES string of the molecule is COc1ccc(CN=C(N)NCc2noc(C)n2)cc1OC.I. The Bertz CT molecular complexity index is 660. The number of methoxy groups -OCH3 is 2. The molecule has 1 aromatic heterocycles. The molecule has 0 saturated carbocycles. The number of aryl methyl sites for hydroxylation is 1. The van der Waals surface area contributed by atoms with Crippen molar-refractivity contribution in [3.8, 4) is 11.5 Å². The van der Waals surface area contributed by atoms with Crippen LogP contribution in [-0.2, 0) is 13.1 Å². The van der Waals surface area contributed by atoms with E-state index >= 15 is 0 Å². The highest BCUT2D eigenvalue weighted by molar-refractivity contribution is 14.0. The molecule has 0 radical (unpaired) electrons. The van der Waals surface area contributed by atoms with Crippen molar-refractivity contribution < 1.29 is 14.0 Å². The van der Waals surface area contributed by atoms with Crippen molar-refractivity contribution in [3.63, 3.8) is 0 Å². The molecule has 3 N–H and O–H groups in total. The number of nitrogens with zero attached hydrogens (tertiary/aromatic N) is 3. The van der Waals surface area contributed by atoms with Gasteiger partial charge < -0.3 is 25.0 Å². The third-order valence-electron chi connectivity index (χ3n) is 2.88. The zero-order valence-electron chi connectivity index (χ0n) is 13.2. The number of halogens is 1. The Morgan fingerprint density at radius 3 is 2.65 bits per heavy atom. The lowest BCUT2D eigenvalue weighted by molar-refractivity contribution is 0.354. The molecule has 0 bridgehead atoms. The van der Waals surface area contributed by atoms with E-state index in [-0.39, 0.29) is 24.0 Å². The Morgan fingerprint density at radius 2 is 2.04 bits per heavy atom. The molecular formula is C14H20IN5O3. The summed E-state index contributed by atoms with van der Waals surface area (Å²) in [5.74, 6) is 2.68. The number of guanidine groups is 1. The van der Waals surface area contributed by atoms with Gasteiger partial charge in [0, 0.05) is 6.92 Å². The minimum absolute atomic E-state index is 0. The van der Waals surface area contributed by atoms with E-state index in [2.05, 4.69) is 20.4 Å². The molecule has 8 nitrogen and oxygen atoms in total. The number of benzene rings is 1. The number of hydrogen-bond acceptors (Lipinski definition) is 6. The maximum atomic E-state index is 5.80. The number of aromatic nitrogens is 2. The number of rotatable bonds is 6. The fourth-order valence-corrected chi connectivity index (χ4v) is 1.79. The van der Waals surface area contributed by atoms with E-state index in [1.165, 1.54) is 0 Å². The Labute approximate surface area is 151 Å². The number of nitrogens with one attached hydrogen (secondary N) is 1. The number of hydrogen-bond donors (Lipinski definition) is 2. The van der Waals surface area contributed by atoms with Crippen molar-refractivity contribution in [3.05, 3.63) is 35.5 Å². The quantitative estimate of drug-likeness (QED) is 0.405. The van der Waals surface area contributed by atoms with Crippen LogP contribution in [0.15, 0.2) is 27.7 Å². The zero-order chi connectivity index (χ0) is 15.9. The fourth-order valence-electron chi connectivity index (χ4n) is 1.79. The summed E-state index contributed by atoms with van der Waals surface area (Å²) in [6.45, 7) is 2.51. The molecule has 0 spiro atoms. The van der Waals surface area contributed by atoms with Gasteiger partial charge in [0.25, 0.3) is 0 Å². The fraction of sp³-hybridized carbons (Fsp3) is 0.357. The van der Waals surface area contributed by atoms with Gasteiger partial charge in [0.05, 0.1) is 27.3 Å². The van der Waals surface area contributed by atoms with Crippen molar-refractivity contribution >= 4 is 29.9 Å². The van der Waals surface area contributed by atoms with Crippen molar-refractivity contribution in [1.29, 1.82) is 0 Å². The summed E-state index contributed by atoms with van der Waals surface area (Å²) in [6, 6.07) is 5.59. The van der Waals surface area contributed by atoms with Crippen LogP contribution in [0.1, 0.15) is 17.3 Å². The smallest absolute Gasteiger partial charge is 0.223 e. The Morgan fingerprint density at radius 1 is 1.30 bits per heavy atom. The van der Waals surface area contributed by atoms with Gasteiger partial charge in [-0.15, -0.1) is 24.0 Å². The molecule has 0 saturated heterocycles. The van der Waals surface area contributed by atoms with Gasteiger partial charge in [0.15, 0.2) is 23.3 Å². The van der Waals surface area contributed by atoms with Crippen LogP contribution in [0.25, 0.3) is 0 Å². The average Bonchev–Trinajstić information content (AvgIpc) is 2.96. The molecule has 126 valence electrons. The van der Waals surface area contributed by atoms with E-state index in [1.54, 1.807) is 21.1 Å². The van der Waals surface area contributed by atoms with Gasteiger partial charge in [0.1, 0.15) is 0 Å². The first-order valence-electron chi connectivity index (χ1n) is 6.66. The maximum absolute atomic E-state index is 5.80. The predicted molar refractivity (Wildman–Crippen MR) is 96.2 cm³/mol. The summed E-state index contributed by atoms with van der Waals surface area (Å²) in [6.07, 6.45) is 0. The van der Waals surface area contributed by atoms with Crippen molar-refractivity contribution in [2.75, 3.05) is 14.2 Å². The molecule has 9 heteroatoms. The number of nitrogens with two attached hydrogens (primary N) is 1. The highest BCUT2D eigenvalue weighted by atomic mass is 127. The molecule has 0 amide bonds. The van der Waals surface area contributed by atoms with Gasteiger partial charge in [-0.25, -0.2) is 4.99 Å². The lowest BCUT2D eigenvalue weighted by atomic mass is 10.2. The minimum Gasteiger partial charge on any atom is -0.493 e. The molecular weight excluding hydrogens is 413 g/mol. The predicted octanol–water partition coefficient (Wildman–Crippen LogP) is 1.62. The average molecular weight is 433 g/mol. The van der Waals surface area contributed by atoms with Crippen molar-refractivity contribution in [2.24, 2.45) is 10.7 Å². The van der Waals surface area contributed by atoms with Gasteiger partial charge >= 0.3 is 0 Å². The van der Waals surface area contributed by atoms with E-state index in [9.17, 15) is 0 Å². The monoisotopic (exact) mass is 433 g/mol. The standard InChI is InChI=1S/C14H19N5O3.HI/c1-9-18-13(19-22-9)8-17-14(15)16-7-10-4-5-11(20-2)12(6-10)21-3;/h4-6H,7-8H2,1-3H3,(H3,15,16,17);1H. The molecule has 0 aliphatic heterocycles. The Kier molecular flexibility index (Phi) is 7.59. The normalized spacial score (nSPS) is 10.8. The Hall–Kier alpha value is -2.04. The van der Waals surface area contributed by atoms with E-state index in [0.717, 1.165) is 5.56 Å². The summed E-state index contributed by atoms with van der Waals surface area (Å²) >= 11 is 0. The van der Waals surface area contributed by atoms with Gasteiger partial charge in [-0.05, 0) is 17.7 Å². The minimum atomic E-state index is 0. The molecule has 2 aromatic rings. The third-order valence-corrected chi connectivity index (χ3v) is 2.88. The molecule has 0 fully saturated rings. The first-order chi connectivity index (χ1) is 10.6. The third kappa shape index (κ3) is 5.58. The molecule has 2 rings (SSSR count). The van der Waals surface area contributed by atoms with Crippen LogP contribution in [0.2, 0.25) is 0 Å². The van der Waals surface area contributed by atoms with Crippen LogP contribution in [0.4, 0.5) is 0 Å². The molecule has 0 atom stereocenters. The van der Waals surface area contributed by atoms with Crippen LogP contribution in [0.3, 0.4) is 0 Å². The van der Waals surface area contributed by atoms with Gasteiger partial charge in [-0.1, -0.05) is 11.2 Å². The molecule has 0 aliphatic rings. The summed E-state index contributed by atoms with van der Waals surface area (Å²) in [5.41, 5.74) is 6.76. The molecule has 0 unspecified atom stereocenters. The molecule has 1 heterocycles. The highest BCUT2D eigenvalue weighted by Crippen LogP contribution is 2.27. The van der Waals surface area contributed by atoms with E-state index in [0.29, 0.717) is 42.3 Å². The lowest BCUT2D eigenvalue weighted by Crippen LogP contribution is -2.31. The first-order valence-corrected chi connectivity index (χ1v) is 6.66. The van der Waals surface area contributed by atoms with E-state index < -0.39 is 0 Å². The van der Waals surface area contributed by atoms with E-state index in [4.69, 9.17) is 19.7 Å². The second-order valence-electron chi connectivity index (χ2n) is 4.47. The topological polar surface area (TPSA) is 108 Å². The van der Waals surface area contributed by atoms with Crippen molar-refractivity contribution in [1.82, 2.24) is 15.5 Å². The van der Waals surface area contributed by atoms with Crippen LogP contribution < -0.4 is 20.5 Å². The largest absolute Gasteiger partial charge is 0.493 e.